The van der Waals surface area contributed by atoms with E-state index < -0.39 is 23.4 Å². The molecule has 0 atom stereocenters. The Morgan fingerprint density at radius 3 is 2.48 bits per heavy atom. The van der Waals surface area contributed by atoms with Gasteiger partial charge in [0, 0.05) is 6.07 Å². The van der Waals surface area contributed by atoms with Gasteiger partial charge in [0.2, 0.25) is 5.95 Å². The normalized spacial score (nSPS) is 12.1. The summed E-state index contributed by atoms with van der Waals surface area (Å²) in [6, 6.07) is 0.746. The molecule has 0 aliphatic rings. The lowest BCUT2D eigenvalue weighted by atomic mass is 10.2. The summed E-state index contributed by atoms with van der Waals surface area (Å²) in [5.74, 6) is 3.92. The number of nitrogens with two attached hydrogens (primary N) is 1. The van der Waals surface area contributed by atoms with Gasteiger partial charge in [-0.3, -0.25) is 10.2 Å². The van der Waals surface area contributed by atoms with Crippen LogP contribution in [-0.4, -0.2) is 27.3 Å². The zero-order valence-electron chi connectivity index (χ0n) is 11.6. The fourth-order valence-corrected chi connectivity index (χ4v) is 1.88. The standard InChI is InChI=1S/C11H15F3N4O2S/c1-10(2,3)20-8(19)5-21-7-4-6(11(12,13)14)16-9(17-7)18-15/h4H,5,15H2,1-3H3,(H,16,17,18). The van der Waals surface area contributed by atoms with Crippen molar-refractivity contribution in [3.8, 4) is 0 Å². The number of thioether (sulfide) groups is 1. The van der Waals surface area contributed by atoms with Crippen LogP contribution in [0.2, 0.25) is 0 Å². The van der Waals surface area contributed by atoms with E-state index >= 15 is 0 Å². The van der Waals surface area contributed by atoms with Crippen molar-refractivity contribution in [3.63, 3.8) is 0 Å². The van der Waals surface area contributed by atoms with E-state index in [0.717, 1.165) is 17.8 Å². The number of esters is 1. The molecule has 3 N–H and O–H groups in total. The van der Waals surface area contributed by atoms with Crippen LogP contribution in [0, 0.1) is 0 Å². The van der Waals surface area contributed by atoms with Gasteiger partial charge in [-0.25, -0.2) is 15.8 Å². The molecule has 1 aromatic rings. The number of nitrogens with one attached hydrogen (secondary N) is 1. The highest BCUT2D eigenvalue weighted by molar-refractivity contribution is 7.99. The molecule has 0 aliphatic heterocycles. The number of carbonyl (C=O) groups excluding carboxylic acids is 1. The summed E-state index contributed by atoms with van der Waals surface area (Å²) < 4.78 is 43.0. The number of ether oxygens (including phenoxy) is 1. The Bertz CT molecular complexity index is 517. The molecule has 0 aromatic carbocycles. The van der Waals surface area contributed by atoms with Crippen LogP contribution in [0.15, 0.2) is 11.1 Å². The van der Waals surface area contributed by atoms with Crippen LogP contribution >= 0.6 is 11.8 Å². The Morgan fingerprint density at radius 1 is 1.38 bits per heavy atom. The van der Waals surface area contributed by atoms with E-state index in [9.17, 15) is 18.0 Å². The highest BCUT2D eigenvalue weighted by Gasteiger charge is 2.33. The fourth-order valence-electron chi connectivity index (χ4n) is 1.21. The van der Waals surface area contributed by atoms with Gasteiger partial charge in [0.25, 0.3) is 0 Å². The van der Waals surface area contributed by atoms with E-state index in [1.807, 2.05) is 5.43 Å². The number of nitrogen functional groups attached to an aromatic ring is 1. The molecule has 0 saturated carbocycles. The van der Waals surface area contributed by atoms with Crippen molar-refractivity contribution in [3.05, 3.63) is 11.8 Å². The molecule has 0 unspecified atom stereocenters. The molecule has 6 nitrogen and oxygen atoms in total. The maximum atomic E-state index is 12.6. The first-order valence-corrected chi connectivity index (χ1v) is 6.77. The lowest BCUT2D eigenvalue weighted by molar-refractivity contribution is -0.151. The molecule has 10 heteroatoms. The number of alkyl halides is 3. The monoisotopic (exact) mass is 324 g/mol. The molecule has 0 fully saturated rings. The summed E-state index contributed by atoms with van der Waals surface area (Å²) in [6.45, 7) is 5.08. The smallest absolute Gasteiger partial charge is 0.433 e. The van der Waals surface area contributed by atoms with Crippen LogP contribution in [0.5, 0.6) is 0 Å². The topological polar surface area (TPSA) is 90.1 Å². The number of nitrogens with zero attached hydrogens (tertiary/aromatic N) is 2. The molecule has 21 heavy (non-hydrogen) atoms. The minimum absolute atomic E-state index is 0.0314. The maximum absolute atomic E-state index is 12.6. The first-order valence-electron chi connectivity index (χ1n) is 5.79. The zero-order valence-corrected chi connectivity index (χ0v) is 12.4. The van der Waals surface area contributed by atoms with Crippen LogP contribution in [0.3, 0.4) is 0 Å². The number of hydrogen-bond acceptors (Lipinski definition) is 7. The second-order valence-corrected chi connectivity index (χ2v) is 5.93. The third-order valence-corrected chi connectivity index (χ3v) is 2.77. The Hall–Kier alpha value is -1.55. The van der Waals surface area contributed by atoms with Crippen molar-refractivity contribution in [2.45, 2.75) is 37.6 Å². The summed E-state index contributed by atoms with van der Waals surface area (Å²) in [7, 11) is 0. The highest BCUT2D eigenvalue weighted by atomic mass is 32.2. The van der Waals surface area contributed by atoms with Gasteiger partial charge in [-0.2, -0.15) is 13.2 Å². The number of halogens is 3. The molecule has 1 rings (SSSR count). The number of hydrogen-bond donors (Lipinski definition) is 2. The number of aromatic nitrogens is 2. The van der Waals surface area contributed by atoms with E-state index in [-0.39, 0.29) is 16.7 Å². The minimum atomic E-state index is -4.63. The van der Waals surface area contributed by atoms with Crippen LogP contribution in [0.25, 0.3) is 0 Å². The first-order chi connectivity index (χ1) is 9.51. The quantitative estimate of drug-likeness (QED) is 0.288. The fraction of sp³-hybridized carbons (Fsp3) is 0.545. The third-order valence-electron chi connectivity index (χ3n) is 1.88. The van der Waals surface area contributed by atoms with E-state index in [4.69, 9.17) is 10.6 Å². The van der Waals surface area contributed by atoms with Crippen molar-refractivity contribution in [2.75, 3.05) is 11.2 Å². The van der Waals surface area contributed by atoms with E-state index in [2.05, 4.69) is 9.97 Å². The molecule has 0 saturated heterocycles. The van der Waals surface area contributed by atoms with Crippen molar-refractivity contribution < 1.29 is 22.7 Å². The third kappa shape index (κ3) is 6.17. The second kappa shape index (κ2) is 6.48. The average Bonchev–Trinajstić information content (AvgIpc) is 2.33. The number of carbonyl (C=O) groups is 1. The summed E-state index contributed by atoms with van der Waals surface area (Å²) in [4.78, 5) is 18.5. The zero-order chi connectivity index (χ0) is 16.3. The van der Waals surface area contributed by atoms with Gasteiger partial charge in [-0.15, -0.1) is 0 Å². The van der Waals surface area contributed by atoms with E-state index in [1.54, 1.807) is 20.8 Å². The van der Waals surface area contributed by atoms with Gasteiger partial charge >= 0.3 is 12.1 Å². The lowest BCUT2D eigenvalue weighted by Crippen LogP contribution is -2.25. The van der Waals surface area contributed by atoms with Crippen molar-refractivity contribution >= 4 is 23.7 Å². The van der Waals surface area contributed by atoms with E-state index in [0.29, 0.717) is 0 Å². The van der Waals surface area contributed by atoms with Gasteiger partial charge in [0.05, 0.1) is 5.75 Å². The van der Waals surface area contributed by atoms with Gasteiger partial charge in [-0.05, 0) is 20.8 Å². The Balaban J connectivity index is 2.82. The van der Waals surface area contributed by atoms with Gasteiger partial charge in [0.15, 0.2) is 5.69 Å². The maximum Gasteiger partial charge on any atom is 0.433 e. The van der Waals surface area contributed by atoms with Crippen molar-refractivity contribution in [1.29, 1.82) is 0 Å². The van der Waals surface area contributed by atoms with Gasteiger partial charge in [-0.1, -0.05) is 11.8 Å². The SMILES string of the molecule is CC(C)(C)OC(=O)CSc1cc(C(F)(F)F)nc(NN)n1. The predicted octanol–water partition coefficient (Wildman–Crippen LogP) is 2.21. The Morgan fingerprint density at radius 2 is 2.00 bits per heavy atom. The molecular weight excluding hydrogens is 309 g/mol. The van der Waals surface area contributed by atoms with Crippen LogP contribution in [0.4, 0.5) is 19.1 Å². The molecule has 1 aromatic heterocycles. The van der Waals surface area contributed by atoms with Crippen LogP contribution in [-0.2, 0) is 15.7 Å². The lowest BCUT2D eigenvalue weighted by Gasteiger charge is -2.19. The summed E-state index contributed by atoms with van der Waals surface area (Å²) in [5.41, 5.74) is 0.150. The molecular formula is C11H15F3N4O2S. The van der Waals surface area contributed by atoms with Crippen molar-refractivity contribution in [2.24, 2.45) is 5.84 Å². The van der Waals surface area contributed by atoms with E-state index in [1.165, 1.54) is 0 Å². The molecule has 0 spiro atoms. The predicted molar refractivity (Wildman–Crippen MR) is 71.4 cm³/mol. The molecule has 0 amide bonds. The minimum Gasteiger partial charge on any atom is -0.459 e. The second-order valence-electron chi connectivity index (χ2n) is 4.93. The number of rotatable bonds is 4. The molecule has 0 bridgehead atoms. The Kier molecular flexibility index (Phi) is 5.40. The van der Waals surface area contributed by atoms with Crippen LogP contribution in [0.1, 0.15) is 26.5 Å². The number of hydrazine groups is 1. The van der Waals surface area contributed by atoms with Gasteiger partial charge in [0.1, 0.15) is 10.6 Å². The van der Waals surface area contributed by atoms with Crippen molar-refractivity contribution in [1.82, 2.24) is 9.97 Å². The average molecular weight is 324 g/mol. The highest BCUT2D eigenvalue weighted by Crippen LogP contribution is 2.30. The molecule has 118 valence electrons. The first kappa shape index (κ1) is 17.5. The molecule has 1 heterocycles. The molecule has 0 aliphatic carbocycles. The summed E-state index contributed by atoms with van der Waals surface area (Å²) >= 11 is 0.808. The summed E-state index contributed by atoms with van der Waals surface area (Å²) in [6.07, 6.45) is -4.63. The summed E-state index contributed by atoms with van der Waals surface area (Å²) in [5, 5.41) is -0.0314. The largest absolute Gasteiger partial charge is 0.459 e. The van der Waals surface area contributed by atoms with Gasteiger partial charge < -0.3 is 4.74 Å². The molecule has 0 radical (unpaired) electrons. The van der Waals surface area contributed by atoms with Crippen LogP contribution < -0.4 is 11.3 Å². The number of anilines is 1. The Labute approximate surface area is 123 Å².